The maximum Gasteiger partial charge on any atom is 0.129 e. The Labute approximate surface area is 83.1 Å². The Hall–Kier alpha value is -0.600. The average molecular weight is 197 g/mol. The fourth-order valence-electron chi connectivity index (χ4n) is 1.76. The number of pyridine rings is 1. The lowest BCUT2D eigenvalue weighted by Crippen LogP contribution is -2.32. The van der Waals surface area contributed by atoms with Crippen molar-refractivity contribution in [3.63, 3.8) is 0 Å². The van der Waals surface area contributed by atoms with E-state index in [1.165, 1.54) is 0 Å². The van der Waals surface area contributed by atoms with Gasteiger partial charge in [0.15, 0.2) is 0 Å². The Morgan fingerprint density at radius 3 is 2.69 bits per heavy atom. The summed E-state index contributed by atoms with van der Waals surface area (Å²) in [5, 5.41) is 0.560. The quantitative estimate of drug-likeness (QED) is 0.736. The molecule has 0 aromatic carbocycles. The van der Waals surface area contributed by atoms with Gasteiger partial charge in [-0.1, -0.05) is 17.7 Å². The second kappa shape index (κ2) is 2.96. The van der Waals surface area contributed by atoms with Gasteiger partial charge in [-0.25, -0.2) is 4.98 Å². The topological polar surface area (TPSA) is 38.9 Å². The van der Waals surface area contributed by atoms with E-state index in [1.54, 1.807) is 6.07 Å². The molecule has 2 N–H and O–H groups in total. The molecule has 0 aliphatic heterocycles. The van der Waals surface area contributed by atoms with Gasteiger partial charge in [0.2, 0.25) is 0 Å². The van der Waals surface area contributed by atoms with Crippen molar-refractivity contribution in [1.82, 2.24) is 4.98 Å². The molecule has 0 radical (unpaired) electrons. The maximum atomic E-state index is 5.93. The minimum Gasteiger partial charge on any atom is -0.327 e. The second-order valence-corrected chi connectivity index (χ2v) is 4.18. The van der Waals surface area contributed by atoms with E-state index in [0.29, 0.717) is 5.15 Å². The van der Waals surface area contributed by atoms with Crippen LogP contribution in [-0.2, 0) is 5.41 Å². The van der Waals surface area contributed by atoms with Gasteiger partial charge < -0.3 is 5.73 Å². The van der Waals surface area contributed by atoms with Crippen LogP contribution in [0.2, 0.25) is 5.15 Å². The highest BCUT2D eigenvalue weighted by molar-refractivity contribution is 6.29. The van der Waals surface area contributed by atoms with Crippen molar-refractivity contribution >= 4 is 11.6 Å². The van der Waals surface area contributed by atoms with Crippen molar-refractivity contribution in [3.8, 4) is 0 Å². The molecular formula is C10H13ClN2. The first kappa shape index (κ1) is 8.97. The van der Waals surface area contributed by atoms with Crippen LogP contribution in [0.3, 0.4) is 0 Å². The Balaban J connectivity index is 2.35. The van der Waals surface area contributed by atoms with Gasteiger partial charge in [0.05, 0.1) is 0 Å². The lowest BCUT2D eigenvalue weighted by molar-refractivity contribution is 0.542. The van der Waals surface area contributed by atoms with Crippen LogP contribution in [0.5, 0.6) is 0 Å². The Morgan fingerprint density at radius 1 is 1.54 bits per heavy atom. The number of halogens is 1. The molecule has 0 amide bonds. The zero-order valence-electron chi connectivity index (χ0n) is 7.63. The van der Waals surface area contributed by atoms with E-state index < -0.39 is 0 Å². The number of nitrogens with two attached hydrogens (primary N) is 1. The molecule has 3 heteroatoms. The molecule has 1 saturated carbocycles. The molecule has 1 heterocycles. The van der Waals surface area contributed by atoms with Gasteiger partial charge in [0, 0.05) is 17.2 Å². The monoisotopic (exact) mass is 196 g/mol. The fraction of sp³-hybridized carbons (Fsp3) is 0.500. The van der Waals surface area contributed by atoms with Crippen molar-refractivity contribution in [2.75, 3.05) is 0 Å². The van der Waals surface area contributed by atoms with Crippen LogP contribution < -0.4 is 5.73 Å². The van der Waals surface area contributed by atoms with Crippen molar-refractivity contribution in [2.24, 2.45) is 5.73 Å². The molecule has 1 aliphatic rings. The molecule has 1 aromatic heterocycles. The van der Waals surface area contributed by atoms with Crippen molar-refractivity contribution in [3.05, 3.63) is 29.0 Å². The van der Waals surface area contributed by atoms with Gasteiger partial charge >= 0.3 is 0 Å². The SMILES string of the molecule is CC(N)C1(c2cccc(Cl)n2)CC1. The van der Waals surface area contributed by atoms with Crippen molar-refractivity contribution in [2.45, 2.75) is 31.2 Å². The third-order valence-corrected chi connectivity index (χ3v) is 3.10. The van der Waals surface area contributed by atoms with Gasteiger partial charge in [0.1, 0.15) is 5.15 Å². The first-order chi connectivity index (χ1) is 6.15. The van der Waals surface area contributed by atoms with Crippen LogP contribution in [0.25, 0.3) is 0 Å². The molecule has 0 spiro atoms. The molecule has 1 aliphatic carbocycles. The maximum absolute atomic E-state index is 5.93. The fourth-order valence-corrected chi connectivity index (χ4v) is 1.93. The molecule has 1 aromatic rings. The summed E-state index contributed by atoms with van der Waals surface area (Å²) in [6, 6.07) is 5.91. The molecule has 70 valence electrons. The van der Waals surface area contributed by atoms with Gasteiger partial charge in [-0.3, -0.25) is 0 Å². The molecule has 0 saturated heterocycles. The molecule has 13 heavy (non-hydrogen) atoms. The largest absolute Gasteiger partial charge is 0.327 e. The van der Waals surface area contributed by atoms with E-state index >= 15 is 0 Å². The lowest BCUT2D eigenvalue weighted by Gasteiger charge is -2.18. The van der Waals surface area contributed by atoms with Gasteiger partial charge in [0.25, 0.3) is 0 Å². The van der Waals surface area contributed by atoms with Crippen LogP contribution >= 0.6 is 11.6 Å². The Bertz CT molecular complexity index is 318. The minimum absolute atomic E-state index is 0.116. The summed E-state index contributed by atoms with van der Waals surface area (Å²) < 4.78 is 0. The predicted molar refractivity (Wildman–Crippen MR) is 53.8 cm³/mol. The Morgan fingerprint density at radius 2 is 2.23 bits per heavy atom. The third-order valence-electron chi connectivity index (χ3n) is 2.89. The summed E-state index contributed by atoms with van der Waals surface area (Å²) in [6.07, 6.45) is 2.27. The van der Waals surface area contributed by atoms with Crippen molar-refractivity contribution < 1.29 is 0 Å². The van der Waals surface area contributed by atoms with E-state index in [0.717, 1.165) is 18.5 Å². The number of aromatic nitrogens is 1. The molecule has 0 bridgehead atoms. The normalized spacial score (nSPS) is 21.2. The summed E-state index contributed by atoms with van der Waals surface area (Å²) >= 11 is 5.83. The summed E-state index contributed by atoms with van der Waals surface area (Å²) in [5.74, 6) is 0. The zero-order valence-corrected chi connectivity index (χ0v) is 8.38. The van der Waals surface area contributed by atoms with Crippen LogP contribution in [0.4, 0.5) is 0 Å². The van der Waals surface area contributed by atoms with Crippen LogP contribution in [0.1, 0.15) is 25.5 Å². The van der Waals surface area contributed by atoms with E-state index in [1.807, 2.05) is 19.1 Å². The van der Waals surface area contributed by atoms with E-state index in [9.17, 15) is 0 Å². The molecule has 2 nitrogen and oxygen atoms in total. The summed E-state index contributed by atoms with van der Waals surface area (Å²) in [6.45, 7) is 2.04. The number of nitrogens with zero attached hydrogens (tertiary/aromatic N) is 1. The summed E-state index contributed by atoms with van der Waals surface area (Å²) in [7, 11) is 0. The average Bonchev–Trinajstić information content (AvgIpc) is 2.83. The van der Waals surface area contributed by atoms with Gasteiger partial charge in [-0.05, 0) is 31.9 Å². The molecule has 1 fully saturated rings. The van der Waals surface area contributed by atoms with Crippen LogP contribution in [0.15, 0.2) is 18.2 Å². The van der Waals surface area contributed by atoms with Gasteiger partial charge in [-0.15, -0.1) is 0 Å². The van der Waals surface area contributed by atoms with E-state index in [4.69, 9.17) is 17.3 Å². The zero-order chi connectivity index (χ0) is 9.47. The first-order valence-corrected chi connectivity index (χ1v) is 4.91. The first-order valence-electron chi connectivity index (χ1n) is 4.54. The second-order valence-electron chi connectivity index (χ2n) is 3.79. The number of hydrogen-bond donors (Lipinski definition) is 1. The Kier molecular flexibility index (Phi) is 2.05. The lowest BCUT2D eigenvalue weighted by atomic mass is 9.94. The van der Waals surface area contributed by atoms with E-state index in [-0.39, 0.29) is 11.5 Å². The van der Waals surface area contributed by atoms with E-state index in [2.05, 4.69) is 4.98 Å². The number of hydrogen-bond acceptors (Lipinski definition) is 2. The molecule has 1 atom stereocenters. The molecular weight excluding hydrogens is 184 g/mol. The van der Waals surface area contributed by atoms with Crippen LogP contribution in [-0.4, -0.2) is 11.0 Å². The summed E-state index contributed by atoms with van der Waals surface area (Å²) in [4.78, 5) is 4.31. The highest BCUT2D eigenvalue weighted by atomic mass is 35.5. The van der Waals surface area contributed by atoms with Crippen LogP contribution in [0, 0.1) is 0 Å². The highest BCUT2D eigenvalue weighted by Crippen LogP contribution is 2.49. The third kappa shape index (κ3) is 1.45. The highest BCUT2D eigenvalue weighted by Gasteiger charge is 2.48. The summed E-state index contributed by atoms with van der Waals surface area (Å²) in [5.41, 5.74) is 7.10. The molecule has 1 unspecified atom stereocenters. The van der Waals surface area contributed by atoms with Gasteiger partial charge in [-0.2, -0.15) is 0 Å². The smallest absolute Gasteiger partial charge is 0.129 e. The number of rotatable bonds is 2. The standard InChI is InChI=1S/C10H13ClN2/c1-7(12)10(5-6-10)8-3-2-4-9(11)13-8/h2-4,7H,5-6,12H2,1H3. The minimum atomic E-state index is 0.116. The predicted octanol–water partition coefficient (Wildman–Crippen LogP) is 2.11. The van der Waals surface area contributed by atoms with Crippen molar-refractivity contribution in [1.29, 1.82) is 0 Å². The molecule has 2 rings (SSSR count).